The Hall–Kier alpha value is -2.67. The molecule has 27 heavy (non-hydrogen) atoms. The third-order valence-electron chi connectivity index (χ3n) is 4.27. The van der Waals surface area contributed by atoms with Crippen molar-refractivity contribution in [2.75, 3.05) is 18.1 Å². The first-order valence-corrected chi connectivity index (χ1v) is 9.35. The summed E-state index contributed by atoms with van der Waals surface area (Å²) in [5.74, 6) is -1.60. The van der Waals surface area contributed by atoms with Crippen LogP contribution < -0.4 is 10.2 Å². The maximum absolute atomic E-state index is 12.2. The van der Waals surface area contributed by atoms with Gasteiger partial charge in [-0.3, -0.25) is 14.4 Å². The van der Waals surface area contributed by atoms with Crippen LogP contribution in [0.4, 0.5) is 5.69 Å². The predicted octanol–water partition coefficient (Wildman–Crippen LogP) is 2.66. The highest BCUT2D eigenvalue weighted by atomic mass is 79.9. The van der Waals surface area contributed by atoms with Gasteiger partial charge in [0, 0.05) is 29.7 Å². The fourth-order valence-electron chi connectivity index (χ4n) is 2.84. The third kappa shape index (κ3) is 5.17. The number of nitrogens with one attached hydrogen (secondary N) is 1. The van der Waals surface area contributed by atoms with Crippen LogP contribution in [0.1, 0.15) is 12.0 Å². The number of hydrogen-bond donors (Lipinski definition) is 1. The molecule has 1 aliphatic rings. The molecule has 1 aliphatic heterocycles. The van der Waals surface area contributed by atoms with Gasteiger partial charge < -0.3 is 15.0 Å². The fourth-order valence-corrected chi connectivity index (χ4v) is 3.10. The number of carbonyl (C=O) groups excluding carboxylic acids is 3. The van der Waals surface area contributed by atoms with Crippen molar-refractivity contribution in [3.05, 3.63) is 64.6 Å². The highest BCUT2D eigenvalue weighted by Crippen LogP contribution is 2.27. The zero-order chi connectivity index (χ0) is 19.2. The van der Waals surface area contributed by atoms with E-state index in [4.69, 9.17) is 4.74 Å². The van der Waals surface area contributed by atoms with Crippen molar-refractivity contribution >= 4 is 39.4 Å². The molecule has 0 spiro atoms. The molecule has 0 bridgehead atoms. The van der Waals surface area contributed by atoms with Crippen LogP contribution in [0.15, 0.2) is 59.1 Å². The largest absolute Gasteiger partial charge is 0.455 e. The molecular formula is C20H19BrN2O4. The number of ether oxygens (including phenoxy) is 1. The van der Waals surface area contributed by atoms with E-state index in [0.717, 1.165) is 15.7 Å². The first kappa shape index (κ1) is 19.1. The Kier molecular flexibility index (Phi) is 6.24. The van der Waals surface area contributed by atoms with Crippen LogP contribution in [0.3, 0.4) is 0 Å². The SMILES string of the molecule is O=C(COC(=O)[C@@H]1CC(=O)N(c2ccc(Br)cc2)C1)NCc1ccccc1. The second-order valence-electron chi connectivity index (χ2n) is 6.25. The number of anilines is 1. The average molecular weight is 431 g/mol. The molecule has 1 heterocycles. The number of benzene rings is 2. The highest BCUT2D eigenvalue weighted by molar-refractivity contribution is 9.10. The van der Waals surface area contributed by atoms with Gasteiger partial charge in [-0.05, 0) is 29.8 Å². The summed E-state index contributed by atoms with van der Waals surface area (Å²) in [7, 11) is 0. The van der Waals surface area contributed by atoms with Crippen LogP contribution in [-0.4, -0.2) is 30.9 Å². The Bertz CT molecular complexity index is 824. The number of halogens is 1. The molecule has 0 saturated carbocycles. The molecule has 6 nitrogen and oxygen atoms in total. The number of carbonyl (C=O) groups is 3. The topological polar surface area (TPSA) is 75.7 Å². The molecule has 1 fully saturated rings. The maximum Gasteiger partial charge on any atom is 0.311 e. The first-order valence-electron chi connectivity index (χ1n) is 8.56. The van der Waals surface area contributed by atoms with E-state index in [2.05, 4.69) is 21.2 Å². The Morgan fingerprint density at radius 1 is 1.11 bits per heavy atom. The van der Waals surface area contributed by atoms with E-state index < -0.39 is 11.9 Å². The molecule has 2 aromatic carbocycles. The summed E-state index contributed by atoms with van der Waals surface area (Å²) in [5, 5.41) is 2.70. The molecular weight excluding hydrogens is 412 g/mol. The van der Waals surface area contributed by atoms with Crippen LogP contribution in [0.2, 0.25) is 0 Å². The molecule has 0 aliphatic carbocycles. The second kappa shape index (κ2) is 8.81. The minimum absolute atomic E-state index is 0.0839. The predicted molar refractivity (Wildman–Crippen MR) is 104 cm³/mol. The lowest BCUT2D eigenvalue weighted by Crippen LogP contribution is -2.31. The van der Waals surface area contributed by atoms with E-state index in [-0.39, 0.29) is 31.4 Å². The summed E-state index contributed by atoms with van der Waals surface area (Å²) >= 11 is 3.35. The first-order chi connectivity index (χ1) is 13.0. The van der Waals surface area contributed by atoms with Crippen LogP contribution in [0.25, 0.3) is 0 Å². The van der Waals surface area contributed by atoms with Crippen molar-refractivity contribution in [1.82, 2.24) is 5.32 Å². The lowest BCUT2D eigenvalue weighted by molar-refractivity contribution is -0.152. The van der Waals surface area contributed by atoms with Crippen molar-refractivity contribution in [3.63, 3.8) is 0 Å². The van der Waals surface area contributed by atoms with Gasteiger partial charge in [-0.2, -0.15) is 0 Å². The van der Waals surface area contributed by atoms with Gasteiger partial charge in [-0.15, -0.1) is 0 Å². The highest BCUT2D eigenvalue weighted by Gasteiger charge is 2.36. The maximum atomic E-state index is 12.2. The van der Waals surface area contributed by atoms with Crippen LogP contribution >= 0.6 is 15.9 Å². The zero-order valence-corrected chi connectivity index (χ0v) is 16.1. The van der Waals surface area contributed by atoms with Crippen molar-refractivity contribution in [2.24, 2.45) is 5.92 Å². The summed E-state index contributed by atoms with van der Waals surface area (Å²) in [5.41, 5.74) is 1.70. The molecule has 0 radical (unpaired) electrons. The number of rotatable bonds is 6. The van der Waals surface area contributed by atoms with Gasteiger partial charge in [0.1, 0.15) is 0 Å². The van der Waals surface area contributed by atoms with Gasteiger partial charge in [0.25, 0.3) is 5.91 Å². The van der Waals surface area contributed by atoms with E-state index in [0.29, 0.717) is 6.54 Å². The molecule has 1 atom stereocenters. The summed E-state index contributed by atoms with van der Waals surface area (Å²) < 4.78 is 6.00. The lowest BCUT2D eigenvalue weighted by Gasteiger charge is -2.16. The van der Waals surface area contributed by atoms with E-state index >= 15 is 0 Å². The standard InChI is InChI=1S/C20H19BrN2O4/c21-16-6-8-17(9-7-16)23-12-15(10-19(23)25)20(26)27-13-18(24)22-11-14-4-2-1-3-5-14/h1-9,15H,10-13H2,(H,22,24)/t15-/m1/s1. The van der Waals surface area contributed by atoms with Gasteiger partial charge >= 0.3 is 5.97 Å². The summed E-state index contributed by atoms with van der Waals surface area (Å²) in [4.78, 5) is 37.8. The molecule has 0 unspecified atom stereocenters. The minimum Gasteiger partial charge on any atom is -0.455 e. The molecule has 2 aromatic rings. The zero-order valence-electron chi connectivity index (χ0n) is 14.6. The molecule has 140 valence electrons. The Morgan fingerprint density at radius 3 is 2.52 bits per heavy atom. The Labute approximate surface area is 165 Å². The van der Waals surface area contributed by atoms with E-state index in [1.807, 2.05) is 54.6 Å². The third-order valence-corrected chi connectivity index (χ3v) is 4.80. The molecule has 1 N–H and O–H groups in total. The fraction of sp³-hybridized carbons (Fsp3) is 0.250. The summed E-state index contributed by atoms with van der Waals surface area (Å²) in [6.45, 7) is 0.274. The molecule has 1 saturated heterocycles. The van der Waals surface area contributed by atoms with Crippen LogP contribution in [0, 0.1) is 5.92 Å². The van der Waals surface area contributed by atoms with Crippen molar-refractivity contribution in [2.45, 2.75) is 13.0 Å². The van der Waals surface area contributed by atoms with Crippen LogP contribution in [0.5, 0.6) is 0 Å². The Morgan fingerprint density at radius 2 is 1.81 bits per heavy atom. The van der Waals surface area contributed by atoms with Gasteiger partial charge in [-0.25, -0.2) is 0 Å². The molecule has 3 rings (SSSR count). The van der Waals surface area contributed by atoms with Gasteiger partial charge in [-0.1, -0.05) is 46.3 Å². The monoisotopic (exact) mass is 430 g/mol. The van der Waals surface area contributed by atoms with E-state index in [9.17, 15) is 14.4 Å². The van der Waals surface area contributed by atoms with E-state index in [1.54, 1.807) is 4.90 Å². The summed E-state index contributed by atoms with van der Waals surface area (Å²) in [6.07, 6.45) is 0.0839. The van der Waals surface area contributed by atoms with E-state index in [1.165, 1.54) is 0 Å². The van der Waals surface area contributed by atoms with Crippen molar-refractivity contribution < 1.29 is 19.1 Å². The number of hydrogen-bond acceptors (Lipinski definition) is 4. The van der Waals surface area contributed by atoms with Gasteiger partial charge in [0.15, 0.2) is 6.61 Å². The molecule has 0 aromatic heterocycles. The van der Waals surface area contributed by atoms with Gasteiger partial charge in [0.05, 0.1) is 5.92 Å². The second-order valence-corrected chi connectivity index (χ2v) is 7.17. The van der Waals surface area contributed by atoms with Crippen molar-refractivity contribution in [1.29, 1.82) is 0 Å². The smallest absolute Gasteiger partial charge is 0.311 e. The Balaban J connectivity index is 1.46. The number of amides is 2. The number of esters is 1. The normalized spacial score (nSPS) is 16.3. The number of nitrogens with zero attached hydrogens (tertiary/aromatic N) is 1. The van der Waals surface area contributed by atoms with Crippen LogP contribution in [-0.2, 0) is 25.7 Å². The average Bonchev–Trinajstić information content (AvgIpc) is 3.07. The minimum atomic E-state index is -0.567. The van der Waals surface area contributed by atoms with Crippen molar-refractivity contribution in [3.8, 4) is 0 Å². The quantitative estimate of drug-likeness (QED) is 0.714. The lowest BCUT2D eigenvalue weighted by atomic mass is 10.1. The molecule has 7 heteroatoms. The summed E-state index contributed by atoms with van der Waals surface area (Å²) in [6, 6.07) is 16.8. The van der Waals surface area contributed by atoms with Gasteiger partial charge in [0.2, 0.25) is 5.91 Å². The molecule has 2 amide bonds.